The number of guanidine groups is 1. The van der Waals surface area contributed by atoms with E-state index in [2.05, 4.69) is 20.4 Å². The highest BCUT2D eigenvalue weighted by Gasteiger charge is 2.14. The van der Waals surface area contributed by atoms with Crippen molar-refractivity contribution in [1.82, 2.24) is 10.6 Å². The molecule has 1 atom stereocenters. The number of nitrogens with zero attached hydrogens (tertiary/aromatic N) is 1. The highest BCUT2D eigenvalue weighted by molar-refractivity contribution is 5.79. The number of halogens is 3. The molecule has 0 aliphatic heterocycles. The molecule has 0 aromatic heterocycles. The van der Waals surface area contributed by atoms with Gasteiger partial charge in [-0.1, -0.05) is 13.0 Å². The number of benzene rings is 1. The Labute approximate surface area is 122 Å². The molecule has 1 rings (SSSR count). The third kappa shape index (κ3) is 5.53. The van der Waals surface area contributed by atoms with Crippen LogP contribution in [0.2, 0.25) is 0 Å². The monoisotopic (exact) mass is 303 g/mol. The predicted octanol–water partition coefficient (Wildman–Crippen LogP) is 2.89. The van der Waals surface area contributed by atoms with E-state index < -0.39 is 12.4 Å². The number of nitrogens with one attached hydrogen (secondary N) is 2. The molecule has 0 fully saturated rings. The summed E-state index contributed by atoms with van der Waals surface area (Å²) in [5.74, 6) is -0.327. The normalized spacial score (nSPS) is 13.2. The van der Waals surface area contributed by atoms with Crippen molar-refractivity contribution in [2.75, 3.05) is 7.05 Å². The van der Waals surface area contributed by atoms with E-state index in [-0.39, 0.29) is 23.9 Å². The van der Waals surface area contributed by atoms with Gasteiger partial charge in [-0.2, -0.15) is 8.78 Å². The maximum atomic E-state index is 13.8. The standard InChI is InChI=1S/C14H20F3N3O/c1-4-9(2)20-14(18-3)19-8-10-11(15)6-5-7-12(10)21-13(16)17/h5-7,9,13H,4,8H2,1-3H3,(H2,18,19,20). The fourth-order valence-electron chi connectivity index (χ4n) is 1.62. The molecule has 21 heavy (non-hydrogen) atoms. The zero-order valence-electron chi connectivity index (χ0n) is 12.3. The molecule has 0 spiro atoms. The fraction of sp³-hybridized carbons (Fsp3) is 0.500. The lowest BCUT2D eigenvalue weighted by Gasteiger charge is -2.17. The number of rotatable bonds is 6. The molecule has 0 radical (unpaired) electrons. The number of hydrogen-bond acceptors (Lipinski definition) is 2. The van der Waals surface area contributed by atoms with Crippen LogP contribution >= 0.6 is 0 Å². The highest BCUT2D eigenvalue weighted by Crippen LogP contribution is 2.23. The summed E-state index contributed by atoms with van der Waals surface area (Å²) in [7, 11) is 1.58. The zero-order valence-corrected chi connectivity index (χ0v) is 12.3. The highest BCUT2D eigenvalue weighted by atomic mass is 19.3. The van der Waals surface area contributed by atoms with Crippen LogP contribution in [0, 0.1) is 5.82 Å². The molecule has 0 saturated carbocycles. The van der Waals surface area contributed by atoms with Crippen LogP contribution in [0.5, 0.6) is 5.75 Å². The molecule has 0 saturated heterocycles. The molecule has 0 amide bonds. The Hall–Kier alpha value is -1.92. The molecule has 0 aliphatic carbocycles. The van der Waals surface area contributed by atoms with Gasteiger partial charge in [-0.25, -0.2) is 4.39 Å². The Kier molecular flexibility index (Phi) is 6.84. The molecular formula is C14H20F3N3O. The molecule has 1 aromatic rings. The van der Waals surface area contributed by atoms with Crippen LogP contribution in [-0.2, 0) is 6.54 Å². The van der Waals surface area contributed by atoms with Crippen LogP contribution in [-0.4, -0.2) is 25.7 Å². The van der Waals surface area contributed by atoms with Crippen LogP contribution in [0.1, 0.15) is 25.8 Å². The lowest BCUT2D eigenvalue weighted by atomic mass is 10.2. The van der Waals surface area contributed by atoms with Crippen molar-refractivity contribution in [3.63, 3.8) is 0 Å². The third-order valence-corrected chi connectivity index (χ3v) is 2.94. The average molecular weight is 303 g/mol. The second-order valence-electron chi connectivity index (χ2n) is 4.47. The van der Waals surface area contributed by atoms with Gasteiger partial charge in [0.2, 0.25) is 0 Å². The van der Waals surface area contributed by atoms with Gasteiger partial charge in [0.1, 0.15) is 11.6 Å². The second-order valence-corrected chi connectivity index (χ2v) is 4.47. The van der Waals surface area contributed by atoms with Crippen molar-refractivity contribution >= 4 is 5.96 Å². The smallest absolute Gasteiger partial charge is 0.387 e. The lowest BCUT2D eigenvalue weighted by molar-refractivity contribution is -0.0506. The summed E-state index contributed by atoms with van der Waals surface area (Å²) >= 11 is 0. The second kappa shape index (κ2) is 8.39. The minimum atomic E-state index is -3.00. The largest absolute Gasteiger partial charge is 0.434 e. The van der Waals surface area contributed by atoms with Gasteiger partial charge in [0.05, 0.1) is 0 Å². The van der Waals surface area contributed by atoms with E-state index in [1.54, 1.807) is 7.05 Å². The number of alkyl halides is 2. The zero-order chi connectivity index (χ0) is 15.8. The van der Waals surface area contributed by atoms with Crippen LogP contribution in [0.3, 0.4) is 0 Å². The summed E-state index contributed by atoms with van der Waals surface area (Å²) < 4.78 is 42.7. The summed E-state index contributed by atoms with van der Waals surface area (Å²) in [5.41, 5.74) is 0.0323. The van der Waals surface area contributed by atoms with Crippen molar-refractivity contribution in [3.8, 4) is 5.75 Å². The van der Waals surface area contributed by atoms with E-state index in [1.165, 1.54) is 18.2 Å². The summed E-state index contributed by atoms with van der Waals surface area (Å²) in [6.07, 6.45) is 0.889. The Balaban J connectivity index is 2.78. The first-order chi connectivity index (χ1) is 9.97. The summed E-state index contributed by atoms with van der Waals surface area (Å²) in [6, 6.07) is 4.01. The Morgan fingerprint density at radius 1 is 1.38 bits per heavy atom. The maximum Gasteiger partial charge on any atom is 0.387 e. The first-order valence-electron chi connectivity index (χ1n) is 6.67. The molecule has 2 N–H and O–H groups in total. The Bertz CT molecular complexity index is 481. The van der Waals surface area contributed by atoms with Gasteiger partial charge in [-0.05, 0) is 25.5 Å². The number of aliphatic imine (C=N–C) groups is 1. The Morgan fingerprint density at radius 2 is 2.10 bits per heavy atom. The van der Waals surface area contributed by atoms with E-state index in [4.69, 9.17) is 0 Å². The number of hydrogen-bond donors (Lipinski definition) is 2. The van der Waals surface area contributed by atoms with Gasteiger partial charge in [0, 0.05) is 25.2 Å². The molecule has 0 aliphatic rings. The molecule has 7 heteroatoms. The molecule has 1 unspecified atom stereocenters. The van der Waals surface area contributed by atoms with Crippen molar-refractivity contribution in [1.29, 1.82) is 0 Å². The van der Waals surface area contributed by atoms with Gasteiger partial charge in [0.15, 0.2) is 5.96 Å². The minimum Gasteiger partial charge on any atom is -0.434 e. The molecular weight excluding hydrogens is 283 g/mol. The van der Waals surface area contributed by atoms with Gasteiger partial charge in [-0.15, -0.1) is 0 Å². The van der Waals surface area contributed by atoms with E-state index in [0.717, 1.165) is 6.42 Å². The topological polar surface area (TPSA) is 45.7 Å². The lowest BCUT2D eigenvalue weighted by Crippen LogP contribution is -2.41. The average Bonchev–Trinajstić information content (AvgIpc) is 2.44. The van der Waals surface area contributed by atoms with Crippen molar-refractivity contribution in [3.05, 3.63) is 29.6 Å². The SMILES string of the molecule is CCC(C)NC(=NC)NCc1c(F)cccc1OC(F)F. The van der Waals surface area contributed by atoms with Crippen LogP contribution < -0.4 is 15.4 Å². The van der Waals surface area contributed by atoms with Gasteiger partial charge in [0.25, 0.3) is 0 Å². The summed E-state index contributed by atoms with van der Waals surface area (Å²) in [4.78, 5) is 3.99. The quantitative estimate of drug-likeness (QED) is 0.627. The third-order valence-electron chi connectivity index (χ3n) is 2.94. The van der Waals surface area contributed by atoms with Crippen molar-refractivity contribution < 1.29 is 17.9 Å². The molecule has 0 heterocycles. The van der Waals surface area contributed by atoms with Crippen LogP contribution in [0.15, 0.2) is 23.2 Å². The molecule has 118 valence electrons. The maximum absolute atomic E-state index is 13.8. The van der Waals surface area contributed by atoms with Gasteiger partial charge < -0.3 is 15.4 Å². The molecule has 1 aromatic carbocycles. The molecule has 4 nitrogen and oxygen atoms in total. The van der Waals surface area contributed by atoms with E-state index >= 15 is 0 Å². The van der Waals surface area contributed by atoms with Crippen molar-refractivity contribution in [2.24, 2.45) is 4.99 Å². The van der Waals surface area contributed by atoms with Crippen molar-refractivity contribution in [2.45, 2.75) is 39.5 Å². The van der Waals surface area contributed by atoms with Gasteiger partial charge >= 0.3 is 6.61 Å². The van der Waals surface area contributed by atoms with Crippen LogP contribution in [0.4, 0.5) is 13.2 Å². The minimum absolute atomic E-state index is 0.00909. The van der Waals surface area contributed by atoms with E-state index in [1.807, 2.05) is 13.8 Å². The first kappa shape index (κ1) is 17.1. The van der Waals surface area contributed by atoms with E-state index in [9.17, 15) is 13.2 Å². The van der Waals surface area contributed by atoms with E-state index in [0.29, 0.717) is 5.96 Å². The first-order valence-corrected chi connectivity index (χ1v) is 6.67. The summed E-state index contributed by atoms with van der Waals surface area (Å²) in [6.45, 7) is 0.978. The predicted molar refractivity (Wildman–Crippen MR) is 76.1 cm³/mol. The number of ether oxygens (including phenoxy) is 1. The fourth-order valence-corrected chi connectivity index (χ4v) is 1.62. The Morgan fingerprint density at radius 3 is 2.67 bits per heavy atom. The van der Waals surface area contributed by atoms with Crippen LogP contribution in [0.25, 0.3) is 0 Å². The van der Waals surface area contributed by atoms with Gasteiger partial charge in [-0.3, -0.25) is 4.99 Å². The molecule has 0 bridgehead atoms. The summed E-state index contributed by atoms with van der Waals surface area (Å²) in [5, 5.41) is 5.97.